The maximum Gasteiger partial charge on any atom is 0.173 e. The van der Waals surface area contributed by atoms with Crippen LogP contribution in [0.4, 0.5) is 5.69 Å². The van der Waals surface area contributed by atoms with Crippen LogP contribution in [-0.2, 0) is 27.8 Å². The van der Waals surface area contributed by atoms with E-state index < -0.39 is 53.0 Å². The number of fused-ring (bicyclic) bond motifs is 11. The Labute approximate surface area is 502 Å². The molecule has 12 rings (SSSR count). The second kappa shape index (κ2) is 25.5. The van der Waals surface area contributed by atoms with Gasteiger partial charge < -0.3 is 51.2 Å². The summed E-state index contributed by atoms with van der Waals surface area (Å²) >= 11 is 0. The number of hydrogen-bond donors (Lipinski definition) is 9. The number of carbonyl (C=O) groups is 2. The SMILES string of the molecule is COc1cc2c(cc1O)C(c1ccccc1)C#CC1CC3CC(CC1C(=O)C(O)C(=O)CC2)C1CCCC2C#CC4CCCCC4(c4cc(c[nH]4)C(C)CNCC(O)Cc4ccc5ccc(cc5c4O)NC4=CC(=CCN4)C3CSSC2)C1O. The van der Waals surface area contributed by atoms with Crippen molar-refractivity contribution in [2.75, 3.05) is 43.6 Å². The molecule has 3 aliphatic heterocycles. The number of aromatic nitrogens is 1. The number of nitrogens with one attached hydrogen (secondary N) is 4. The number of ether oxygens (including phenoxy) is 1. The Morgan fingerprint density at radius 1 is 0.774 bits per heavy atom. The lowest BCUT2D eigenvalue weighted by Crippen LogP contribution is -2.53. The van der Waals surface area contributed by atoms with E-state index in [1.165, 1.54) is 7.11 Å². The first kappa shape index (κ1) is 58.3. The zero-order valence-electron chi connectivity index (χ0n) is 48.2. The summed E-state index contributed by atoms with van der Waals surface area (Å²) in [5, 5.41) is 73.3. The van der Waals surface area contributed by atoms with Crippen LogP contribution in [0.15, 0.2) is 109 Å². The molecule has 9 N–H and O–H groups in total. The number of aryl methyl sites for hydroxylation is 1. The molecule has 14 heteroatoms. The predicted molar refractivity (Wildman–Crippen MR) is 335 cm³/mol. The average molecular weight is 1170 g/mol. The van der Waals surface area contributed by atoms with Crippen molar-refractivity contribution < 1.29 is 39.9 Å². The number of benzene rings is 4. The van der Waals surface area contributed by atoms with Gasteiger partial charge in [0.15, 0.2) is 29.2 Å². The molecule has 5 aromatic rings. The third-order valence-electron chi connectivity index (χ3n) is 20.1. The van der Waals surface area contributed by atoms with Crippen molar-refractivity contribution >= 4 is 49.6 Å². The van der Waals surface area contributed by atoms with E-state index in [-0.39, 0.29) is 77.9 Å². The lowest BCUT2D eigenvalue weighted by Gasteiger charge is -2.50. The van der Waals surface area contributed by atoms with Gasteiger partial charge in [-0.3, -0.25) is 9.59 Å². The highest BCUT2D eigenvalue weighted by Crippen LogP contribution is 2.55. The van der Waals surface area contributed by atoms with Gasteiger partial charge in [-0.25, -0.2) is 0 Å². The fraction of sp³-hybridized carbons (Fsp3) is 0.486. The van der Waals surface area contributed by atoms with Gasteiger partial charge in [-0.05, 0) is 156 Å². The van der Waals surface area contributed by atoms with Gasteiger partial charge >= 0.3 is 0 Å². The standard InChI is InChI=1S/C70H80N4O8S2/c1-41-36-71-38-54(75)29-48-16-15-44-17-21-53(34-59(44)66(48)78)74-65-33-47(24-26-72-65)60-40-84-83-39-42-9-8-13-56(69(81)70(64-32-51(41)37-73-64)25-7-6-12-52(70)20-14-42)50-28-49(60)27-45-18-22-55(43-10-4-3-5-11-43)57-35-62(77)63(82-2)31-46(57)19-23-61(76)68(80)67(79)58(45)30-50/h3-5,10-11,15-17,21,24,31-35,37,41-42,45,49-50,52,54-56,58,60,68-69,71-75,77-78,80-81H,6-9,12-13,19,23,25-30,36,38-40H2,1-2H3. The number of aromatic hydroxyl groups is 2. The lowest BCUT2D eigenvalue weighted by molar-refractivity contribution is -0.142. The van der Waals surface area contributed by atoms with Gasteiger partial charge in [0.05, 0.1) is 30.7 Å². The quantitative estimate of drug-likeness (QED) is 0.0461. The summed E-state index contributed by atoms with van der Waals surface area (Å²) < 4.78 is 5.59. The highest BCUT2D eigenvalue weighted by Gasteiger charge is 2.54. The fourth-order valence-electron chi connectivity index (χ4n) is 15.5. The minimum Gasteiger partial charge on any atom is -0.507 e. The molecule has 12 nitrogen and oxygen atoms in total. The number of anilines is 1. The Balaban J connectivity index is 1.05. The summed E-state index contributed by atoms with van der Waals surface area (Å²) in [5.41, 5.74) is 6.35. The topological polar surface area (TPSA) is 196 Å². The molecular formula is C70H80N4O8S2. The molecule has 84 heavy (non-hydrogen) atoms. The van der Waals surface area contributed by atoms with Gasteiger partial charge in [0, 0.05) is 90.6 Å². The van der Waals surface area contributed by atoms with E-state index in [9.17, 15) is 30.3 Å². The number of hydrogen-bond acceptors (Lipinski definition) is 13. The maximum atomic E-state index is 15.6. The van der Waals surface area contributed by atoms with Crippen molar-refractivity contribution in [1.29, 1.82) is 0 Å². The minimum atomic E-state index is -1.87. The molecule has 7 aliphatic rings. The zero-order chi connectivity index (χ0) is 58.1. The lowest BCUT2D eigenvalue weighted by atomic mass is 9.56. The number of H-pyrrole nitrogens is 1. The Kier molecular flexibility index (Phi) is 17.7. The Hall–Kier alpha value is -6.10. The van der Waals surface area contributed by atoms with Gasteiger partial charge in [0.1, 0.15) is 11.6 Å². The smallest absolute Gasteiger partial charge is 0.173 e. The van der Waals surface area contributed by atoms with Crippen molar-refractivity contribution in [1.82, 2.24) is 15.6 Å². The number of phenols is 2. The van der Waals surface area contributed by atoms with Crippen LogP contribution in [0.5, 0.6) is 17.2 Å². The van der Waals surface area contributed by atoms with E-state index >= 15 is 4.79 Å². The van der Waals surface area contributed by atoms with Crippen LogP contribution in [-0.4, -0.2) is 98.6 Å². The minimum absolute atomic E-state index is 0.0401. The molecule has 4 aromatic carbocycles. The Morgan fingerprint density at radius 3 is 2.48 bits per heavy atom. The summed E-state index contributed by atoms with van der Waals surface area (Å²) in [5.74, 6) is 14.6. The van der Waals surface area contributed by atoms with Crippen LogP contribution in [0, 0.1) is 71.0 Å². The number of ketones is 2. The largest absolute Gasteiger partial charge is 0.507 e. The summed E-state index contributed by atoms with van der Waals surface area (Å²) in [6, 6.07) is 25.6. The molecule has 1 aromatic heterocycles. The average Bonchev–Trinajstić information content (AvgIpc) is 1.98. The van der Waals surface area contributed by atoms with Gasteiger partial charge in [-0.2, -0.15) is 0 Å². The van der Waals surface area contributed by atoms with Crippen LogP contribution in [0.3, 0.4) is 0 Å². The Morgan fingerprint density at radius 2 is 1.62 bits per heavy atom. The molecule has 0 amide bonds. The predicted octanol–water partition coefficient (Wildman–Crippen LogP) is 10.8. The first-order valence-electron chi connectivity index (χ1n) is 30.7. The second-order valence-electron chi connectivity index (χ2n) is 25.1. The molecule has 4 heterocycles. The van der Waals surface area contributed by atoms with E-state index in [0.717, 1.165) is 107 Å². The number of rotatable bonds is 2. The number of carbonyl (C=O) groups excluding carboxylic acids is 2. The number of Topliss-reactive ketones (excluding diaryl/α,β-unsaturated/α-hetero) is 2. The Bertz CT molecular complexity index is 3450. The number of β-amino-alcohol motifs (C(OH)–C–C–N with tert-alkyl or cyclic N) is 1. The highest BCUT2D eigenvalue weighted by atomic mass is 33.1. The zero-order valence-corrected chi connectivity index (χ0v) is 49.9. The molecule has 3 fully saturated rings. The summed E-state index contributed by atoms with van der Waals surface area (Å²) in [7, 11) is 5.27. The molecular weight excluding hydrogens is 1090 g/mol. The first-order valence-corrected chi connectivity index (χ1v) is 33.2. The third-order valence-corrected chi connectivity index (χ3v) is 22.6. The van der Waals surface area contributed by atoms with E-state index in [4.69, 9.17) is 4.74 Å². The molecule has 14 atom stereocenters. The van der Waals surface area contributed by atoms with E-state index in [2.05, 4.69) is 76.0 Å². The maximum absolute atomic E-state index is 15.6. The second-order valence-corrected chi connectivity index (χ2v) is 27.7. The summed E-state index contributed by atoms with van der Waals surface area (Å²) in [6.07, 6.45) is 11.1. The number of aromatic amines is 1. The van der Waals surface area contributed by atoms with Crippen LogP contribution >= 0.6 is 21.6 Å². The normalized spacial score (nSPS) is 32.2. The van der Waals surface area contributed by atoms with Gasteiger partial charge in [0.2, 0.25) is 0 Å². The summed E-state index contributed by atoms with van der Waals surface area (Å²) in [4.78, 5) is 33.9. The molecule has 2 saturated carbocycles. The van der Waals surface area contributed by atoms with Crippen molar-refractivity contribution in [3.63, 3.8) is 0 Å². The third kappa shape index (κ3) is 11.9. The van der Waals surface area contributed by atoms with Crippen molar-refractivity contribution in [3.05, 3.63) is 142 Å². The van der Waals surface area contributed by atoms with Crippen LogP contribution < -0.4 is 20.7 Å². The highest BCUT2D eigenvalue weighted by molar-refractivity contribution is 8.76. The van der Waals surface area contributed by atoms with Crippen LogP contribution in [0.25, 0.3) is 10.8 Å². The number of aliphatic hydroxyl groups excluding tert-OH is 3. The van der Waals surface area contributed by atoms with Gasteiger partial charge in [0.25, 0.3) is 0 Å². The van der Waals surface area contributed by atoms with Crippen molar-refractivity contribution in [2.45, 2.75) is 126 Å². The van der Waals surface area contributed by atoms with Crippen molar-refractivity contribution in [3.8, 4) is 40.9 Å². The molecule has 1 spiro atoms. The van der Waals surface area contributed by atoms with Crippen LogP contribution in [0.1, 0.15) is 123 Å². The number of methoxy groups -OCH3 is 1. The number of dihydropyridines is 1. The van der Waals surface area contributed by atoms with Gasteiger partial charge in [-0.1, -0.05) is 126 Å². The number of phenolic OH excluding ortho intramolecular Hbond substituents is 2. The monoisotopic (exact) mass is 1170 g/mol. The fourth-order valence-corrected chi connectivity index (χ4v) is 18.2. The summed E-state index contributed by atoms with van der Waals surface area (Å²) in [6.45, 7) is 3.67. The van der Waals surface area contributed by atoms with Gasteiger partial charge in [-0.15, -0.1) is 0 Å². The molecule has 14 unspecified atom stereocenters. The van der Waals surface area contributed by atoms with E-state index in [0.29, 0.717) is 49.8 Å². The van der Waals surface area contributed by atoms with E-state index in [1.54, 1.807) is 12.1 Å². The van der Waals surface area contributed by atoms with Crippen LogP contribution in [0.2, 0.25) is 0 Å². The molecule has 13 bridgehead atoms. The van der Waals surface area contributed by atoms with E-state index in [1.807, 2.05) is 82.3 Å². The molecule has 440 valence electrons. The molecule has 0 radical (unpaired) electrons. The molecule has 1 saturated heterocycles. The molecule has 4 aliphatic carbocycles. The van der Waals surface area contributed by atoms with Crippen molar-refractivity contribution in [2.24, 2.45) is 47.3 Å². The number of aliphatic hydroxyl groups is 3. The first-order chi connectivity index (χ1) is 40.8. The number of allylic oxidation sites excluding steroid dienone is 2.